The van der Waals surface area contributed by atoms with Crippen molar-refractivity contribution in [1.82, 2.24) is 4.98 Å². The molecule has 2 nitrogen and oxygen atoms in total. The second kappa shape index (κ2) is 7.24. The van der Waals surface area contributed by atoms with Gasteiger partial charge in [0, 0.05) is 10.6 Å². The Kier molecular flexibility index (Phi) is 5.55. The molecule has 1 heterocycles. The van der Waals surface area contributed by atoms with Crippen LogP contribution in [0.15, 0.2) is 35.4 Å². The maximum atomic E-state index is 13.3. The minimum atomic E-state index is -4.61. The first-order chi connectivity index (χ1) is 10.9. The summed E-state index contributed by atoms with van der Waals surface area (Å²) in [5, 5.41) is 9.73. The Bertz CT molecular complexity index is 737. The van der Waals surface area contributed by atoms with Gasteiger partial charge in [-0.05, 0) is 30.4 Å². The SMILES string of the molecule is CCCSc1nc(-c2ccc(Cl)cc2)cc(C(F)(F)F)c1C#N. The van der Waals surface area contributed by atoms with Crippen molar-refractivity contribution < 1.29 is 13.2 Å². The van der Waals surface area contributed by atoms with Crippen molar-refractivity contribution in [2.24, 2.45) is 0 Å². The van der Waals surface area contributed by atoms with Gasteiger partial charge in [0.05, 0.1) is 16.8 Å². The number of rotatable bonds is 4. The van der Waals surface area contributed by atoms with Crippen molar-refractivity contribution in [3.63, 3.8) is 0 Å². The van der Waals surface area contributed by atoms with E-state index >= 15 is 0 Å². The van der Waals surface area contributed by atoms with Crippen LogP contribution in [-0.4, -0.2) is 10.7 Å². The molecule has 0 aliphatic heterocycles. The Morgan fingerprint density at radius 2 is 1.91 bits per heavy atom. The van der Waals surface area contributed by atoms with Gasteiger partial charge in [0.2, 0.25) is 0 Å². The lowest BCUT2D eigenvalue weighted by Gasteiger charge is -2.14. The molecule has 0 bridgehead atoms. The molecular weight excluding hydrogens is 345 g/mol. The monoisotopic (exact) mass is 356 g/mol. The number of benzene rings is 1. The van der Waals surface area contributed by atoms with Crippen molar-refractivity contribution in [3.05, 3.63) is 46.5 Å². The summed E-state index contributed by atoms with van der Waals surface area (Å²) in [6, 6.07) is 8.93. The van der Waals surface area contributed by atoms with Crippen LogP contribution in [-0.2, 0) is 6.18 Å². The highest BCUT2D eigenvalue weighted by molar-refractivity contribution is 7.99. The molecule has 23 heavy (non-hydrogen) atoms. The molecule has 0 radical (unpaired) electrons. The molecule has 1 aromatic carbocycles. The van der Waals surface area contributed by atoms with Crippen LogP contribution in [0, 0.1) is 11.3 Å². The average Bonchev–Trinajstić information content (AvgIpc) is 2.51. The fourth-order valence-corrected chi connectivity index (χ4v) is 2.91. The zero-order valence-corrected chi connectivity index (χ0v) is 13.7. The summed E-state index contributed by atoms with van der Waals surface area (Å²) in [5.41, 5.74) is -0.693. The molecule has 0 N–H and O–H groups in total. The highest BCUT2D eigenvalue weighted by Gasteiger charge is 2.36. The van der Waals surface area contributed by atoms with E-state index < -0.39 is 17.3 Å². The molecule has 0 spiro atoms. The predicted molar refractivity (Wildman–Crippen MR) is 85.4 cm³/mol. The number of nitrogens with zero attached hydrogens (tertiary/aromatic N) is 2. The van der Waals surface area contributed by atoms with E-state index in [-0.39, 0.29) is 10.7 Å². The Balaban J connectivity index is 2.64. The molecule has 0 fully saturated rings. The molecule has 1 aromatic heterocycles. The van der Waals surface area contributed by atoms with Crippen LogP contribution in [0.2, 0.25) is 5.02 Å². The Labute approximate surface area is 141 Å². The fraction of sp³-hybridized carbons (Fsp3) is 0.250. The summed E-state index contributed by atoms with van der Waals surface area (Å²) >= 11 is 6.96. The number of aromatic nitrogens is 1. The molecule has 0 saturated carbocycles. The van der Waals surface area contributed by atoms with Crippen LogP contribution in [0.5, 0.6) is 0 Å². The number of thioether (sulfide) groups is 1. The summed E-state index contributed by atoms with van der Waals surface area (Å²) < 4.78 is 39.9. The number of hydrogen-bond donors (Lipinski definition) is 0. The largest absolute Gasteiger partial charge is 0.417 e. The van der Waals surface area contributed by atoms with Gasteiger partial charge >= 0.3 is 6.18 Å². The molecular formula is C16H12ClF3N2S. The normalized spacial score (nSPS) is 11.3. The van der Waals surface area contributed by atoms with Crippen LogP contribution >= 0.6 is 23.4 Å². The van der Waals surface area contributed by atoms with E-state index in [1.807, 2.05) is 6.92 Å². The lowest BCUT2D eigenvalue weighted by molar-refractivity contribution is -0.138. The zero-order valence-electron chi connectivity index (χ0n) is 12.1. The van der Waals surface area contributed by atoms with Crippen LogP contribution in [0.4, 0.5) is 13.2 Å². The van der Waals surface area contributed by atoms with E-state index in [0.29, 0.717) is 16.3 Å². The van der Waals surface area contributed by atoms with E-state index in [0.717, 1.165) is 24.2 Å². The standard InChI is InChI=1S/C16H12ClF3N2S/c1-2-7-23-15-12(9-21)13(16(18,19)20)8-14(22-15)10-3-5-11(17)6-4-10/h3-6,8H,2,7H2,1H3. The quantitative estimate of drug-likeness (QED) is 0.650. The maximum absolute atomic E-state index is 13.3. The maximum Gasteiger partial charge on any atom is 0.417 e. The average molecular weight is 357 g/mol. The minimum Gasteiger partial charge on any atom is -0.240 e. The summed E-state index contributed by atoms with van der Waals surface area (Å²) in [6.07, 6.45) is -3.85. The lowest BCUT2D eigenvalue weighted by atomic mass is 10.1. The smallest absolute Gasteiger partial charge is 0.240 e. The Hall–Kier alpha value is -1.71. The molecule has 120 valence electrons. The van der Waals surface area contributed by atoms with Gasteiger partial charge in [0.1, 0.15) is 11.1 Å². The molecule has 0 unspecified atom stereocenters. The van der Waals surface area contributed by atoms with Crippen LogP contribution in [0.3, 0.4) is 0 Å². The molecule has 0 atom stereocenters. The van der Waals surface area contributed by atoms with Crippen LogP contribution < -0.4 is 0 Å². The first-order valence-corrected chi connectivity index (χ1v) is 8.14. The molecule has 0 amide bonds. The number of halogens is 4. The fourth-order valence-electron chi connectivity index (χ4n) is 1.92. The Morgan fingerprint density at radius 3 is 2.43 bits per heavy atom. The van der Waals surface area contributed by atoms with Gasteiger partial charge in [0.25, 0.3) is 0 Å². The predicted octanol–water partition coefficient (Wildman–Crippen LogP) is 5.79. The van der Waals surface area contributed by atoms with Crippen LogP contribution in [0.25, 0.3) is 11.3 Å². The van der Waals surface area contributed by atoms with Gasteiger partial charge < -0.3 is 0 Å². The topological polar surface area (TPSA) is 36.7 Å². The zero-order chi connectivity index (χ0) is 17.0. The van der Waals surface area contributed by atoms with E-state index in [4.69, 9.17) is 16.9 Å². The summed E-state index contributed by atoms with van der Waals surface area (Å²) in [7, 11) is 0. The number of nitriles is 1. The van der Waals surface area contributed by atoms with Crippen LogP contribution in [0.1, 0.15) is 24.5 Å². The summed E-state index contributed by atoms with van der Waals surface area (Å²) in [4.78, 5) is 4.25. The van der Waals surface area contributed by atoms with Crippen molar-refractivity contribution in [3.8, 4) is 17.3 Å². The molecule has 2 rings (SSSR count). The van der Waals surface area contributed by atoms with E-state index in [1.54, 1.807) is 30.3 Å². The second-order valence-electron chi connectivity index (χ2n) is 4.70. The van der Waals surface area contributed by atoms with Gasteiger partial charge in [-0.2, -0.15) is 18.4 Å². The molecule has 0 aliphatic rings. The molecule has 7 heteroatoms. The highest BCUT2D eigenvalue weighted by Crippen LogP contribution is 2.38. The summed E-state index contributed by atoms with van der Waals surface area (Å²) in [5.74, 6) is 0.586. The van der Waals surface area contributed by atoms with Crippen molar-refractivity contribution in [1.29, 1.82) is 5.26 Å². The van der Waals surface area contributed by atoms with Crippen molar-refractivity contribution in [2.75, 3.05) is 5.75 Å². The van der Waals surface area contributed by atoms with Gasteiger partial charge in [0.15, 0.2) is 0 Å². The highest BCUT2D eigenvalue weighted by atomic mass is 35.5. The van der Waals surface area contributed by atoms with E-state index in [9.17, 15) is 13.2 Å². The number of pyridine rings is 1. The minimum absolute atomic E-state index is 0.106. The number of hydrogen-bond acceptors (Lipinski definition) is 3. The van der Waals surface area contributed by atoms with Gasteiger partial charge in [-0.1, -0.05) is 30.7 Å². The summed E-state index contributed by atoms with van der Waals surface area (Å²) in [6.45, 7) is 1.91. The Morgan fingerprint density at radius 1 is 1.26 bits per heavy atom. The molecule has 2 aromatic rings. The molecule has 0 aliphatic carbocycles. The van der Waals surface area contributed by atoms with Crippen molar-refractivity contribution in [2.45, 2.75) is 24.5 Å². The van der Waals surface area contributed by atoms with Gasteiger partial charge in [-0.15, -0.1) is 11.8 Å². The first-order valence-electron chi connectivity index (χ1n) is 6.78. The third-order valence-corrected chi connectivity index (χ3v) is 4.42. The molecule has 0 saturated heterocycles. The second-order valence-corrected chi connectivity index (χ2v) is 6.22. The lowest BCUT2D eigenvalue weighted by Crippen LogP contribution is -2.10. The van der Waals surface area contributed by atoms with Gasteiger partial charge in [-0.3, -0.25) is 0 Å². The van der Waals surface area contributed by atoms with E-state index in [1.165, 1.54) is 0 Å². The van der Waals surface area contributed by atoms with Crippen molar-refractivity contribution >= 4 is 23.4 Å². The van der Waals surface area contributed by atoms with Gasteiger partial charge in [-0.25, -0.2) is 4.98 Å². The van der Waals surface area contributed by atoms with E-state index in [2.05, 4.69) is 4.98 Å². The first kappa shape index (κ1) is 17.6. The number of alkyl halides is 3. The third kappa shape index (κ3) is 4.18. The third-order valence-electron chi connectivity index (χ3n) is 2.99.